The van der Waals surface area contributed by atoms with Gasteiger partial charge < -0.3 is 4.79 Å². The molecule has 0 aliphatic heterocycles. The number of halogens is 1. The highest BCUT2D eigenvalue weighted by atomic mass is 35.5. The summed E-state index contributed by atoms with van der Waals surface area (Å²) < 4.78 is 1.69. The molecule has 0 unspecified atom stereocenters. The summed E-state index contributed by atoms with van der Waals surface area (Å²) in [7, 11) is 0. The van der Waals surface area contributed by atoms with Crippen LogP contribution in [0.3, 0.4) is 0 Å². The molecular formula is C34H35ClN2O4. The van der Waals surface area contributed by atoms with Gasteiger partial charge in [-0.05, 0) is 75.2 Å². The van der Waals surface area contributed by atoms with Gasteiger partial charge in [0.25, 0.3) is 5.91 Å². The lowest BCUT2D eigenvalue weighted by atomic mass is 10.0. The smallest absolute Gasteiger partial charge is 0.262 e. The first-order chi connectivity index (χ1) is 19.8. The molecular weight excluding hydrogens is 536 g/mol. The number of aryl methyl sites for hydroxylation is 1. The summed E-state index contributed by atoms with van der Waals surface area (Å²) in [6.45, 7) is 5.27. The highest BCUT2D eigenvalue weighted by molar-refractivity contribution is 6.30. The summed E-state index contributed by atoms with van der Waals surface area (Å²) in [5.41, 5.74) is 4.65. The fourth-order valence-electron chi connectivity index (χ4n) is 5.17. The second kappa shape index (κ2) is 14.2. The SMILES string of the molecule is Cc1ccc2c(c1)c(CC(=O)CCCCN(CCC=O)CC(=O)c1ccccc1)c(C)n2C(=O)c1ccc(Cl)cc1. The third-order valence-corrected chi connectivity index (χ3v) is 7.62. The first-order valence-electron chi connectivity index (χ1n) is 13.9. The third kappa shape index (κ3) is 7.66. The van der Waals surface area contributed by atoms with Gasteiger partial charge in [0.05, 0.1) is 12.1 Å². The van der Waals surface area contributed by atoms with Gasteiger partial charge >= 0.3 is 0 Å². The highest BCUT2D eigenvalue weighted by Gasteiger charge is 2.22. The molecule has 0 bridgehead atoms. The minimum Gasteiger partial charge on any atom is -0.303 e. The molecule has 0 N–H and O–H groups in total. The summed E-state index contributed by atoms with van der Waals surface area (Å²) in [5.74, 6) is -0.0394. The number of aldehydes is 1. The largest absolute Gasteiger partial charge is 0.303 e. The van der Waals surface area contributed by atoms with Crippen LogP contribution in [0.5, 0.6) is 0 Å². The summed E-state index contributed by atoms with van der Waals surface area (Å²) in [5, 5.41) is 1.48. The maximum atomic E-state index is 13.5. The molecule has 0 saturated carbocycles. The second-order valence-corrected chi connectivity index (χ2v) is 10.9. The predicted octanol–water partition coefficient (Wildman–Crippen LogP) is 6.66. The number of rotatable bonds is 14. The normalized spacial score (nSPS) is 11.2. The van der Waals surface area contributed by atoms with Gasteiger partial charge in [-0.2, -0.15) is 0 Å². The third-order valence-electron chi connectivity index (χ3n) is 7.36. The Balaban J connectivity index is 1.41. The monoisotopic (exact) mass is 570 g/mol. The van der Waals surface area contributed by atoms with Crippen molar-refractivity contribution in [1.29, 1.82) is 0 Å². The Morgan fingerprint density at radius 3 is 2.32 bits per heavy atom. The van der Waals surface area contributed by atoms with E-state index in [1.54, 1.807) is 41.0 Å². The molecule has 212 valence electrons. The van der Waals surface area contributed by atoms with Crippen LogP contribution in [-0.2, 0) is 16.0 Å². The van der Waals surface area contributed by atoms with Crippen molar-refractivity contribution in [3.05, 3.63) is 106 Å². The van der Waals surface area contributed by atoms with Gasteiger partial charge in [-0.3, -0.25) is 23.9 Å². The van der Waals surface area contributed by atoms with E-state index in [0.29, 0.717) is 48.5 Å². The van der Waals surface area contributed by atoms with E-state index in [0.717, 1.165) is 40.4 Å². The van der Waals surface area contributed by atoms with Crippen LogP contribution in [0.25, 0.3) is 10.9 Å². The molecule has 0 amide bonds. The van der Waals surface area contributed by atoms with Gasteiger partial charge in [0.15, 0.2) is 5.78 Å². The van der Waals surface area contributed by atoms with Gasteiger partial charge in [-0.15, -0.1) is 0 Å². The summed E-state index contributed by atoms with van der Waals surface area (Å²) in [6, 6.07) is 21.9. The predicted molar refractivity (Wildman–Crippen MR) is 163 cm³/mol. The number of hydrogen-bond acceptors (Lipinski definition) is 5. The number of carbonyl (C=O) groups is 4. The lowest BCUT2D eigenvalue weighted by Gasteiger charge is -2.20. The zero-order chi connectivity index (χ0) is 29.4. The highest BCUT2D eigenvalue weighted by Crippen LogP contribution is 2.29. The molecule has 1 heterocycles. The Morgan fingerprint density at radius 2 is 1.61 bits per heavy atom. The van der Waals surface area contributed by atoms with Crippen LogP contribution < -0.4 is 0 Å². The average molecular weight is 571 g/mol. The number of aromatic nitrogens is 1. The minimum absolute atomic E-state index is 0.0166. The number of unbranched alkanes of at least 4 members (excludes halogenated alkanes) is 1. The lowest BCUT2D eigenvalue weighted by molar-refractivity contribution is -0.118. The van der Waals surface area contributed by atoms with E-state index in [9.17, 15) is 19.2 Å². The first-order valence-corrected chi connectivity index (χ1v) is 14.3. The molecule has 6 nitrogen and oxygen atoms in total. The van der Waals surface area contributed by atoms with E-state index in [1.807, 2.05) is 55.1 Å². The quantitative estimate of drug-likeness (QED) is 0.0963. The Hall–Kier alpha value is -3.87. The van der Waals surface area contributed by atoms with E-state index in [4.69, 9.17) is 11.6 Å². The van der Waals surface area contributed by atoms with E-state index in [1.165, 1.54) is 0 Å². The van der Waals surface area contributed by atoms with Gasteiger partial charge in [0.1, 0.15) is 12.1 Å². The summed E-state index contributed by atoms with van der Waals surface area (Å²) in [6.07, 6.45) is 3.28. The number of hydrogen-bond donors (Lipinski definition) is 0. The molecule has 0 aliphatic rings. The molecule has 0 radical (unpaired) electrons. The van der Waals surface area contributed by atoms with E-state index >= 15 is 0 Å². The van der Waals surface area contributed by atoms with Crippen LogP contribution in [0.1, 0.15) is 63.2 Å². The number of carbonyl (C=O) groups excluding carboxylic acids is 4. The lowest BCUT2D eigenvalue weighted by Crippen LogP contribution is -2.32. The molecule has 0 spiro atoms. The van der Waals surface area contributed by atoms with Gasteiger partial charge in [-0.25, -0.2) is 0 Å². The number of ketones is 2. The maximum Gasteiger partial charge on any atom is 0.262 e. The molecule has 0 aliphatic carbocycles. The second-order valence-electron chi connectivity index (χ2n) is 10.4. The average Bonchev–Trinajstić information content (AvgIpc) is 3.24. The van der Waals surface area contributed by atoms with Crippen molar-refractivity contribution in [3.63, 3.8) is 0 Å². The van der Waals surface area contributed by atoms with Crippen molar-refractivity contribution < 1.29 is 19.2 Å². The van der Waals surface area contributed by atoms with E-state index < -0.39 is 0 Å². The van der Waals surface area contributed by atoms with Crippen LogP contribution >= 0.6 is 11.6 Å². The molecule has 0 fully saturated rings. The number of Topliss-reactive ketones (excluding diaryl/α,β-unsaturated/α-hetero) is 2. The van der Waals surface area contributed by atoms with Crippen molar-refractivity contribution in [1.82, 2.24) is 9.47 Å². The molecule has 41 heavy (non-hydrogen) atoms. The van der Waals surface area contributed by atoms with Gasteiger partial charge in [0.2, 0.25) is 0 Å². The maximum absolute atomic E-state index is 13.5. The van der Waals surface area contributed by atoms with Crippen molar-refractivity contribution in [3.8, 4) is 0 Å². The summed E-state index contributed by atoms with van der Waals surface area (Å²) in [4.78, 5) is 52.2. The minimum atomic E-state index is -0.160. The fraction of sp³-hybridized carbons (Fsp3) is 0.294. The number of nitrogens with zero attached hydrogens (tertiary/aromatic N) is 2. The fourth-order valence-corrected chi connectivity index (χ4v) is 5.30. The van der Waals surface area contributed by atoms with E-state index in [2.05, 4.69) is 0 Å². The molecule has 7 heteroatoms. The standard InChI is InChI=1S/C34H35ClN2O4/c1-24-12-17-32-31(21-24)30(25(2)37(32)34(41)27-13-15-28(35)16-14-27)22-29(39)11-6-7-18-36(19-8-20-38)23-33(40)26-9-4-3-5-10-26/h3-5,9-10,12-17,20-21H,6-8,11,18-19,22-23H2,1-2H3. The van der Waals surface area contributed by atoms with Gasteiger partial charge in [0, 0.05) is 53.0 Å². The number of benzene rings is 3. The van der Waals surface area contributed by atoms with Crippen LogP contribution in [-0.4, -0.2) is 52.9 Å². The van der Waals surface area contributed by atoms with Crippen molar-refractivity contribution in [2.75, 3.05) is 19.6 Å². The molecule has 3 aromatic carbocycles. The Kier molecular flexibility index (Phi) is 10.4. The topological polar surface area (TPSA) is 76.5 Å². The molecule has 0 atom stereocenters. The molecule has 4 rings (SSSR count). The van der Waals surface area contributed by atoms with Crippen molar-refractivity contribution >= 4 is 46.3 Å². The van der Waals surface area contributed by atoms with Gasteiger partial charge in [-0.1, -0.05) is 53.6 Å². The zero-order valence-electron chi connectivity index (χ0n) is 23.6. The first kappa shape index (κ1) is 30.1. The van der Waals surface area contributed by atoms with Crippen LogP contribution in [0.15, 0.2) is 72.8 Å². The van der Waals surface area contributed by atoms with Crippen LogP contribution in [0.2, 0.25) is 5.02 Å². The molecule has 0 saturated heterocycles. The Labute approximate surface area is 245 Å². The van der Waals surface area contributed by atoms with E-state index in [-0.39, 0.29) is 30.4 Å². The van der Waals surface area contributed by atoms with Crippen molar-refractivity contribution in [2.45, 2.75) is 46.0 Å². The zero-order valence-corrected chi connectivity index (χ0v) is 24.3. The molecule has 1 aromatic heterocycles. The molecule has 4 aromatic rings. The van der Waals surface area contributed by atoms with Crippen molar-refractivity contribution in [2.24, 2.45) is 0 Å². The van der Waals surface area contributed by atoms with Crippen LogP contribution in [0.4, 0.5) is 0 Å². The summed E-state index contributed by atoms with van der Waals surface area (Å²) >= 11 is 6.02. The Bertz CT molecular complexity index is 1540. The Morgan fingerprint density at radius 1 is 0.878 bits per heavy atom. The number of fused-ring (bicyclic) bond motifs is 1. The van der Waals surface area contributed by atoms with Crippen LogP contribution in [0, 0.1) is 13.8 Å².